The van der Waals surface area contributed by atoms with E-state index >= 15 is 0 Å². The number of benzene rings is 1. The van der Waals surface area contributed by atoms with Gasteiger partial charge in [0.25, 0.3) is 0 Å². The second kappa shape index (κ2) is 7.40. The number of carbonyl (C=O) groups is 1. The molecule has 3 rings (SSSR count). The van der Waals surface area contributed by atoms with Crippen LogP contribution in [-0.4, -0.2) is 44.0 Å². The van der Waals surface area contributed by atoms with Gasteiger partial charge in [0.15, 0.2) is 0 Å². The van der Waals surface area contributed by atoms with Crippen molar-refractivity contribution in [1.82, 2.24) is 15.8 Å². The van der Waals surface area contributed by atoms with Gasteiger partial charge < -0.3 is 14.7 Å². The molecule has 0 bridgehead atoms. The lowest BCUT2D eigenvalue weighted by atomic mass is 10.0. The van der Waals surface area contributed by atoms with Crippen molar-refractivity contribution in [1.29, 1.82) is 0 Å². The van der Waals surface area contributed by atoms with Crippen LogP contribution in [0.25, 0.3) is 11.3 Å². The summed E-state index contributed by atoms with van der Waals surface area (Å²) in [6.45, 7) is 5.96. The van der Waals surface area contributed by atoms with Crippen LogP contribution in [0, 0.1) is 6.92 Å². The van der Waals surface area contributed by atoms with Gasteiger partial charge in [0.05, 0.1) is 10.9 Å². The molecule has 0 spiro atoms. The molecule has 2 aromatic rings. The third-order valence-electron chi connectivity index (χ3n) is 4.47. The summed E-state index contributed by atoms with van der Waals surface area (Å²) in [5.74, 6) is -0.327. The van der Waals surface area contributed by atoms with Crippen LogP contribution in [0.15, 0.2) is 34.9 Å². The van der Waals surface area contributed by atoms with E-state index in [9.17, 15) is 15.0 Å². The fourth-order valence-corrected chi connectivity index (χ4v) is 4.57. The molecule has 4 N–H and O–H groups in total. The van der Waals surface area contributed by atoms with Crippen molar-refractivity contribution in [3.8, 4) is 11.3 Å². The predicted octanol–water partition coefficient (Wildman–Crippen LogP) is 2.12. The maximum atomic E-state index is 11.4. The van der Waals surface area contributed by atoms with E-state index in [0.717, 1.165) is 5.56 Å². The Morgan fingerprint density at radius 3 is 2.73 bits per heavy atom. The lowest BCUT2D eigenvalue weighted by Gasteiger charge is -2.21. The highest BCUT2D eigenvalue weighted by Crippen LogP contribution is 2.38. The zero-order chi connectivity index (χ0) is 18.9. The minimum Gasteiger partial charge on any atom is -0.480 e. The van der Waals surface area contributed by atoms with Gasteiger partial charge in [0.1, 0.15) is 23.7 Å². The van der Waals surface area contributed by atoms with Gasteiger partial charge in [0, 0.05) is 16.9 Å². The molecular formula is C18H23N3O4S. The van der Waals surface area contributed by atoms with Gasteiger partial charge >= 0.3 is 5.97 Å². The monoisotopic (exact) mass is 377 g/mol. The Kier molecular flexibility index (Phi) is 5.38. The summed E-state index contributed by atoms with van der Waals surface area (Å²) in [4.78, 5) is 11.4. The summed E-state index contributed by atoms with van der Waals surface area (Å²) in [6, 6.07) is 8.89. The fraction of sp³-hybridized carbons (Fsp3) is 0.444. The molecule has 1 aromatic carbocycles. The average Bonchev–Trinajstić information content (AvgIpc) is 3.13. The second-order valence-electron chi connectivity index (χ2n) is 6.83. The Hall–Kier alpha value is -1.87. The summed E-state index contributed by atoms with van der Waals surface area (Å²) in [5, 5.41) is 30.1. The molecule has 1 saturated heterocycles. The van der Waals surface area contributed by atoms with Crippen LogP contribution in [0.4, 0.5) is 0 Å². The topological polar surface area (TPSA) is 108 Å². The van der Waals surface area contributed by atoms with Crippen LogP contribution in [0.1, 0.15) is 31.4 Å². The molecule has 1 aliphatic heterocycles. The molecule has 3 atom stereocenters. The van der Waals surface area contributed by atoms with Crippen LogP contribution in [0.5, 0.6) is 0 Å². The van der Waals surface area contributed by atoms with Crippen molar-refractivity contribution in [2.45, 2.75) is 43.2 Å². The number of rotatable bonds is 6. The SMILES string of the molecule is Cc1onc(-c2ccccc2)c1C(O)NC[C@H]1N[C@@H](C(=O)O)C(C)(C)S1. The molecule has 0 amide bonds. The van der Waals surface area contributed by atoms with Crippen LogP contribution in [0.3, 0.4) is 0 Å². The first-order chi connectivity index (χ1) is 12.3. The average molecular weight is 377 g/mol. The zero-order valence-corrected chi connectivity index (χ0v) is 15.7. The summed E-state index contributed by atoms with van der Waals surface area (Å²) < 4.78 is 4.85. The molecule has 1 unspecified atom stereocenters. The van der Waals surface area contributed by atoms with Gasteiger partial charge in [0.2, 0.25) is 0 Å². The van der Waals surface area contributed by atoms with Gasteiger partial charge in [-0.3, -0.25) is 15.4 Å². The number of aliphatic hydroxyl groups excluding tert-OH is 1. The number of aliphatic hydroxyl groups is 1. The van der Waals surface area contributed by atoms with E-state index < -0.39 is 23.0 Å². The number of carboxylic acids is 1. The summed E-state index contributed by atoms with van der Waals surface area (Å²) >= 11 is 1.54. The molecule has 1 fully saturated rings. The molecule has 8 heteroatoms. The van der Waals surface area contributed by atoms with Crippen molar-refractivity contribution >= 4 is 17.7 Å². The van der Waals surface area contributed by atoms with Gasteiger partial charge in [-0.05, 0) is 20.8 Å². The highest BCUT2D eigenvalue weighted by molar-refractivity contribution is 8.01. The number of aryl methyl sites for hydroxylation is 1. The first-order valence-electron chi connectivity index (χ1n) is 8.39. The number of thioether (sulfide) groups is 1. The van der Waals surface area contributed by atoms with Crippen molar-refractivity contribution in [3.05, 3.63) is 41.7 Å². The Morgan fingerprint density at radius 2 is 2.12 bits per heavy atom. The minimum atomic E-state index is -0.967. The van der Waals surface area contributed by atoms with Crippen LogP contribution in [-0.2, 0) is 4.79 Å². The Bertz CT molecular complexity index is 778. The largest absolute Gasteiger partial charge is 0.480 e. The highest BCUT2D eigenvalue weighted by Gasteiger charge is 2.45. The molecule has 2 heterocycles. The predicted molar refractivity (Wildman–Crippen MR) is 99.7 cm³/mol. The molecule has 7 nitrogen and oxygen atoms in total. The number of carboxylic acid groups (broad SMARTS) is 1. The Morgan fingerprint density at radius 1 is 1.42 bits per heavy atom. The van der Waals surface area contributed by atoms with Crippen molar-refractivity contribution in [2.24, 2.45) is 0 Å². The normalized spacial score (nSPS) is 23.1. The van der Waals surface area contributed by atoms with E-state index in [-0.39, 0.29) is 5.37 Å². The summed E-state index contributed by atoms with van der Waals surface area (Å²) in [6.07, 6.45) is -0.967. The van der Waals surface area contributed by atoms with E-state index in [1.165, 1.54) is 0 Å². The van der Waals surface area contributed by atoms with E-state index in [2.05, 4.69) is 15.8 Å². The number of hydrogen-bond donors (Lipinski definition) is 4. The highest BCUT2D eigenvalue weighted by atomic mass is 32.2. The van der Waals surface area contributed by atoms with E-state index in [1.807, 2.05) is 44.2 Å². The van der Waals surface area contributed by atoms with Crippen LogP contribution < -0.4 is 10.6 Å². The van der Waals surface area contributed by atoms with Crippen molar-refractivity contribution in [3.63, 3.8) is 0 Å². The first kappa shape index (κ1) is 18.9. The molecule has 1 aliphatic rings. The van der Waals surface area contributed by atoms with Crippen molar-refractivity contribution in [2.75, 3.05) is 6.54 Å². The van der Waals surface area contributed by atoms with E-state index in [1.54, 1.807) is 18.7 Å². The standard InChI is InChI=1S/C18H23N3O4S/c1-10-13(14(21-25-10)11-7-5-4-6-8-11)16(22)19-9-12-20-15(17(23)24)18(2,3)26-12/h4-8,12,15-16,19-20,22H,9H2,1-3H3,(H,23,24)/t12-,15-,16?/m0/s1. The van der Waals surface area contributed by atoms with Gasteiger partial charge in [-0.15, -0.1) is 11.8 Å². The van der Waals surface area contributed by atoms with E-state index in [0.29, 0.717) is 23.6 Å². The van der Waals surface area contributed by atoms with Gasteiger partial charge in [-0.2, -0.15) is 0 Å². The first-order valence-corrected chi connectivity index (χ1v) is 9.27. The lowest BCUT2D eigenvalue weighted by molar-refractivity contribution is -0.139. The number of nitrogens with one attached hydrogen (secondary N) is 2. The number of aromatic nitrogens is 1. The summed E-state index contributed by atoms with van der Waals surface area (Å²) in [5.41, 5.74) is 2.05. The van der Waals surface area contributed by atoms with Gasteiger partial charge in [-0.25, -0.2) is 0 Å². The Labute approximate surface area is 156 Å². The summed E-state index contributed by atoms with van der Waals surface area (Å²) in [7, 11) is 0. The smallest absolute Gasteiger partial charge is 0.322 e. The van der Waals surface area contributed by atoms with E-state index in [4.69, 9.17) is 4.52 Å². The molecule has 26 heavy (non-hydrogen) atoms. The molecule has 140 valence electrons. The fourth-order valence-electron chi connectivity index (χ4n) is 3.15. The lowest BCUT2D eigenvalue weighted by Crippen LogP contribution is -2.46. The van der Waals surface area contributed by atoms with Crippen molar-refractivity contribution < 1.29 is 19.5 Å². The second-order valence-corrected chi connectivity index (χ2v) is 8.68. The molecular weight excluding hydrogens is 354 g/mol. The number of nitrogens with zero attached hydrogens (tertiary/aromatic N) is 1. The third-order valence-corrected chi connectivity index (χ3v) is 5.90. The van der Waals surface area contributed by atoms with Crippen LogP contribution >= 0.6 is 11.8 Å². The maximum Gasteiger partial charge on any atom is 0.322 e. The molecule has 1 aromatic heterocycles. The van der Waals surface area contributed by atoms with Gasteiger partial charge in [-0.1, -0.05) is 35.5 Å². The molecule has 0 saturated carbocycles. The number of hydrogen-bond acceptors (Lipinski definition) is 7. The quantitative estimate of drug-likeness (QED) is 0.567. The maximum absolute atomic E-state index is 11.4. The Balaban J connectivity index is 1.69. The number of aliphatic carboxylic acids is 1. The third kappa shape index (κ3) is 3.78. The van der Waals surface area contributed by atoms with Crippen LogP contribution in [0.2, 0.25) is 0 Å². The molecule has 0 radical (unpaired) electrons. The molecule has 0 aliphatic carbocycles. The minimum absolute atomic E-state index is 0.124. The zero-order valence-electron chi connectivity index (χ0n) is 14.9.